The van der Waals surface area contributed by atoms with Crippen molar-refractivity contribution in [3.63, 3.8) is 0 Å². The zero-order valence-corrected chi connectivity index (χ0v) is 18.7. The van der Waals surface area contributed by atoms with Crippen molar-refractivity contribution < 1.29 is 13.5 Å². The Morgan fingerprint density at radius 2 is 1.74 bits per heavy atom. The molecule has 1 aliphatic rings. The van der Waals surface area contributed by atoms with E-state index in [1.54, 1.807) is 0 Å². The van der Waals surface area contributed by atoms with Crippen LogP contribution in [0.15, 0.2) is 66.7 Å². The van der Waals surface area contributed by atoms with Gasteiger partial charge in [0.15, 0.2) is 0 Å². The predicted octanol–water partition coefficient (Wildman–Crippen LogP) is 8.35. The number of hydrogen-bond donors (Lipinski definition) is 0. The van der Waals surface area contributed by atoms with Crippen LogP contribution in [0.4, 0.5) is 8.78 Å². The highest BCUT2D eigenvalue weighted by atomic mass is 19.1. The molecule has 0 amide bonds. The quantitative estimate of drug-likeness (QED) is 0.328. The monoisotopic (exact) mass is 426 g/mol. The highest BCUT2D eigenvalue weighted by Gasteiger charge is 2.29. The lowest BCUT2D eigenvalue weighted by atomic mass is 9.78. The van der Waals surface area contributed by atoms with Crippen LogP contribution in [-0.4, -0.2) is 19.0 Å². The molecule has 3 rings (SSSR count). The third-order valence-corrected chi connectivity index (χ3v) is 6.36. The number of halogens is 2. The smallest absolute Gasteiger partial charge is 0.119 e. The third-order valence-electron chi connectivity index (χ3n) is 6.36. The van der Waals surface area contributed by atoms with Crippen LogP contribution >= 0.6 is 0 Å². The Labute approximate surface area is 186 Å². The maximum absolute atomic E-state index is 14.6. The Kier molecular flexibility index (Phi) is 9.58. The minimum atomic E-state index is -0.765. The fraction of sp³-hybridized carbons (Fsp3) is 0.500. The molecular weight excluding hydrogens is 390 g/mol. The highest BCUT2D eigenvalue weighted by Crippen LogP contribution is 2.35. The van der Waals surface area contributed by atoms with E-state index in [4.69, 9.17) is 4.74 Å². The summed E-state index contributed by atoms with van der Waals surface area (Å²) in [5.74, 6) is 1.23. The predicted molar refractivity (Wildman–Crippen MR) is 126 cm³/mol. The summed E-state index contributed by atoms with van der Waals surface area (Å²) in [6, 6.07) is 18.4. The van der Waals surface area contributed by atoms with Crippen LogP contribution in [0.2, 0.25) is 0 Å². The van der Waals surface area contributed by atoms with E-state index in [0.717, 1.165) is 37.9 Å². The minimum absolute atomic E-state index is 0.109. The van der Waals surface area contributed by atoms with E-state index >= 15 is 0 Å². The molecule has 1 aliphatic carbocycles. The van der Waals surface area contributed by atoms with Crippen LogP contribution in [0.5, 0.6) is 5.75 Å². The Bertz CT molecular complexity index is 771. The van der Waals surface area contributed by atoms with Crippen molar-refractivity contribution in [1.29, 1.82) is 0 Å². The van der Waals surface area contributed by atoms with Gasteiger partial charge < -0.3 is 4.74 Å². The van der Waals surface area contributed by atoms with Crippen LogP contribution in [0.1, 0.15) is 58.3 Å². The molecule has 0 radical (unpaired) electrons. The Balaban J connectivity index is 1.35. The molecule has 1 unspecified atom stereocenters. The zero-order valence-electron chi connectivity index (χ0n) is 18.7. The fourth-order valence-corrected chi connectivity index (χ4v) is 4.53. The van der Waals surface area contributed by atoms with Crippen molar-refractivity contribution in [2.75, 3.05) is 6.61 Å². The first-order valence-corrected chi connectivity index (χ1v) is 11.9. The van der Waals surface area contributed by atoms with Gasteiger partial charge in [-0.3, -0.25) is 0 Å². The maximum atomic E-state index is 14.6. The molecule has 0 spiro atoms. The van der Waals surface area contributed by atoms with Gasteiger partial charge in [-0.1, -0.05) is 74.4 Å². The van der Waals surface area contributed by atoms with E-state index in [2.05, 4.69) is 30.3 Å². The van der Waals surface area contributed by atoms with Crippen molar-refractivity contribution in [3.8, 4) is 16.9 Å². The van der Waals surface area contributed by atoms with Crippen molar-refractivity contribution in [1.82, 2.24) is 0 Å². The van der Waals surface area contributed by atoms with Gasteiger partial charge in [-0.25, -0.2) is 8.78 Å². The van der Waals surface area contributed by atoms with Crippen molar-refractivity contribution in [2.24, 2.45) is 11.8 Å². The molecule has 1 nitrogen and oxygen atoms in total. The first kappa shape index (κ1) is 23.5. The van der Waals surface area contributed by atoms with Gasteiger partial charge in [-0.05, 0) is 73.6 Å². The molecule has 3 heteroatoms. The molecule has 0 N–H and O–H groups in total. The van der Waals surface area contributed by atoms with Gasteiger partial charge in [0.05, 0.1) is 0 Å². The van der Waals surface area contributed by atoms with Gasteiger partial charge in [-0.15, -0.1) is 0 Å². The van der Waals surface area contributed by atoms with Crippen molar-refractivity contribution in [3.05, 3.63) is 66.7 Å². The van der Waals surface area contributed by atoms with E-state index in [1.807, 2.05) is 43.3 Å². The molecule has 168 valence electrons. The largest absolute Gasteiger partial charge is 0.490 e. The molecule has 0 aromatic heterocycles. The molecule has 4 atom stereocenters. The molecule has 0 aliphatic heterocycles. The lowest BCUT2D eigenvalue weighted by Gasteiger charge is -2.30. The fourth-order valence-electron chi connectivity index (χ4n) is 4.53. The van der Waals surface area contributed by atoms with E-state index < -0.39 is 12.3 Å². The number of hydrogen-bond acceptors (Lipinski definition) is 1. The van der Waals surface area contributed by atoms with Gasteiger partial charge in [0.25, 0.3) is 0 Å². The van der Waals surface area contributed by atoms with Gasteiger partial charge >= 0.3 is 0 Å². The average Bonchev–Trinajstić information content (AvgIpc) is 2.79. The van der Waals surface area contributed by atoms with E-state index in [0.29, 0.717) is 25.9 Å². The van der Waals surface area contributed by atoms with Crippen molar-refractivity contribution >= 4 is 0 Å². The summed E-state index contributed by atoms with van der Waals surface area (Å²) in [5, 5.41) is 0. The summed E-state index contributed by atoms with van der Waals surface area (Å²) in [5.41, 5.74) is 2.36. The summed E-state index contributed by atoms with van der Waals surface area (Å²) >= 11 is 0. The first-order chi connectivity index (χ1) is 15.2. The first-order valence-electron chi connectivity index (χ1n) is 11.9. The number of benzene rings is 2. The molecule has 0 bridgehead atoms. The Morgan fingerprint density at radius 3 is 2.45 bits per heavy atom. The number of allylic oxidation sites excluding steroid dienone is 1. The molecule has 2 aromatic rings. The normalized spacial score (nSPS) is 22.5. The number of rotatable bonds is 11. The number of ether oxygens (including phenoxy) is 1. The summed E-state index contributed by atoms with van der Waals surface area (Å²) in [4.78, 5) is 0. The van der Waals surface area contributed by atoms with Crippen molar-refractivity contribution in [2.45, 2.75) is 70.6 Å². The Hall–Kier alpha value is -2.16. The lowest BCUT2D eigenvalue weighted by molar-refractivity contribution is 0.129. The third kappa shape index (κ3) is 7.79. The highest BCUT2D eigenvalue weighted by molar-refractivity contribution is 5.63. The molecule has 31 heavy (non-hydrogen) atoms. The van der Waals surface area contributed by atoms with Gasteiger partial charge in [-0.2, -0.15) is 0 Å². The van der Waals surface area contributed by atoms with E-state index in [-0.39, 0.29) is 11.8 Å². The SMILES string of the molecule is CCCC(F)CCC[C@@H]1CC[C@@H](C=CCOc2ccc(-c3ccccc3)cc2)C[C@@H]1F. The molecular formula is C28H36F2O. The van der Waals surface area contributed by atoms with E-state index in [9.17, 15) is 8.78 Å². The summed E-state index contributed by atoms with van der Waals surface area (Å²) in [7, 11) is 0. The van der Waals surface area contributed by atoms with Gasteiger partial charge in [0.2, 0.25) is 0 Å². The standard InChI is InChI=1S/C28H36F2O/c1-2-8-26(29)13-6-12-25-15-14-22(21-28(25)30)9-7-20-31-27-18-16-24(17-19-27)23-10-4-3-5-11-23/h3-5,7,9-11,16-19,22,25-26,28H,2,6,8,12-15,20-21H2,1H3/t22-,25-,26?,28+/m1/s1. The molecule has 0 heterocycles. The van der Waals surface area contributed by atoms with Crippen LogP contribution in [0.3, 0.4) is 0 Å². The van der Waals surface area contributed by atoms with Crippen LogP contribution in [0.25, 0.3) is 11.1 Å². The molecule has 1 saturated carbocycles. The Morgan fingerprint density at radius 1 is 1.00 bits per heavy atom. The molecule has 1 fully saturated rings. The summed E-state index contributed by atoms with van der Waals surface area (Å²) in [6.45, 7) is 2.50. The van der Waals surface area contributed by atoms with Crippen LogP contribution < -0.4 is 4.74 Å². The molecule has 0 saturated heterocycles. The van der Waals surface area contributed by atoms with Crippen LogP contribution in [-0.2, 0) is 0 Å². The lowest BCUT2D eigenvalue weighted by Crippen LogP contribution is -2.25. The van der Waals surface area contributed by atoms with Crippen LogP contribution in [0, 0.1) is 11.8 Å². The second kappa shape index (κ2) is 12.6. The zero-order chi connectivity index (χ0) is 21.9. The summed E-state index contributed by atoms with van der Waals surface area (Å²) in [6.07, 6.45) is 8.89. The second-order valence-electron chi connectivity index (χ2n) is 8.80. The number of alkyl halides is 2. The van der Waals surface area contributed by atoms with Gasteiger partial charge in [0.1, 0.15) is 24.7 Å². The summed E-state index contributed by atoms with van der Waals surface area (Å²) < 4.78 is 34.0. The average molecular weight is 427 g/mol. The minimum Gasteiger partial charge on any atom is -0.490 e. The second-order valence-corrected chi connectivity index (χ2v) is 8.80. The maximum Gasteiger partial charge on any atom is 0.119 e. The molecule has 2 aromatic carbocycles. The topological polar surface area (TPSA) is 9.23 Å². The van der Waals surface area contributed by atoms with Gasteiger partial charge in [0, 0.05) is 0 Å². The van der Waals surface area contributed by atoms with E-state index in [1.165, 1.54) is 11.1 Å².